The highest BCUT2D eigenvalue weighted by Crippen LogP contribution is 2.26. The van der Waals surface area contributed by atoms with Gasteiger partial charge in [0.15, 0.2) is 6.10 Å². The first-order valence-corrected chi connectivity index (χ1v) is 11.0. The Labute approximate surface area is 188 Å². The van der Waals surface area contributed by atoms with Crippen LogP contribution in [0.25, 0.3) is 11.0 Å². The summed E-state index contributed by atoms with van der Waals surface area (Å²) in [5.41, 5.74) is 3.47. The molecule has 32 heavy (non-hydrogen) atoms. The lowest BCUT2D eigenvalue weighted by Gasteiger charge is -2.36. The smallest absolute Gasteiger partial charge is 0.263 e. The molecule has 1 aliphatic heterocycles. The number of carbonyl (C=O) groups is 2. The lowest BCUT2D eigenvalue weighted by Crippen LogP contribution is -2.53. The number of nitrogens with zero attached hydrogens (tertiary/aromatic N) is 3. The highest BCUT2D eigenvalue weighted by Gasteiger charge is 2.28. The molecule has 7 heteroatoms. The number of hydrogen-bond donors (Lipinski definition) is 1. The Bertz CT molecular complexity index is 1120. The molecule has 3 aromatic rings. The second kappa shape index (κ2) is 8.65. The molecule has 2 aromatic carbocycles. The summed E-state index contributed by atoms with van der Waals surface area (Å²) in [5.74, 6) is 0.607. The zero-order valence-electron chi connectivity index (χ0n) is 19.1. The van der Waals surface area contributed by atoms with Crippen molar-refractivity contribution >= 4 is 22.8 Å². The number of amides is 2. The molecular weight excluding hydrogens is 404 g/mol. The molecule has 2 amide bonds. The average Bonchev–Trinajstić information content (AvgIpc) is 3.26. The van der Waals surface area contributed by atoms with Crippen LogP contribution >= 0.6 is 0 Å². The highest BCUT2D eigenvalue weighted by molar-refractivity contribution is 5.97. The van der Waals surface area contributed by atoms with Gasteiger partial charge in [-0.05, 0) is 48.2 Å². The SMILES string of the molecule is C[C@H](Oc1cccc(C(C)(C)C)c1)C(=O)N1CCN(C(=O)c2ccc3nc[nH]c3c2)CC1. The standard InChI is InChI=1S/C25H30N4O3/c1-17(32-20-7-5-6-19(15-20)25(2,3)4)23(30)28-10-12-29(13-11-28)24(31)18-8-9-21-22(14-18)27-16-26-21/h5-9,14-17H,10-13H2,1-4H3,(H,26,27)/t17-/m0/s1. The minimum Gasteiger partial charge on any atom is -0.481 e. The summed E-state index contributed by atoms with van der Waals surface area (Å²) in [6, 6.07) is 13.4. The topological polar surface area (TPSA) is 78.5 Å². The summed E-state index contributed by atoms with van der Waals surface area (Å²) < 4.78 is 5.96. The molecule has 2 heterocycles. The molecule has 0 radical (unpaired) electrons. The quantitative estimate of drug-likeness (QED) is 0.680. The number of imidazole rings is 1. The van der Waals surface area contributed by atoms with Gasteiger partial charge in [0.25, 0.3) is 11.8 Å². The van der Waals surface area contributed by atoms with Crippen molar-refractivity contribution in [1.29, 1.82) is 0 Å². The third-order valence-electron chi connectivity index (χ3n) is 5.91. The van der Waals surface area contributed by atoms with Crippen LogP contribution in [0.4, 0.5) is 0 Å². The van der Waals surface area contributed by atoms with Gasteiger partial charge < -0.3 is 19.5 Å². The van der Waals surface area contributed by atoms with E-state index in [1.165, 1.54) is 0 Å². The van der Waals surface area contributed by atoms with E-state index in [0.29, 0.717) is 37.5 Å². The van der Waals surface area contributed by atoms with Gasteiger partial charge in [-0.25, -0.2) is 4.98 Å². The van der Waals surface area contributed by atoms with Crippen molar-refractivity contribution in [2.75, 3.05) is 26.2 Å². The Balaban J connectivity index is 1.34. The molecule has 0 spiro atoms. The summed E-state index contributed by atoms with van der Waals surface area (Å²) in [5, 5.41) is 0. The van der Waals surface area contributed by atoms with E-state index in [9.17, 15) is 9.59 Å². The van der Waals surface area contributed by atoms with Gasteiger partial charge in [0.05, 0.1) is 17.4 Å². The molecule has 7 nitrogen and oxygen atoms in total. The van der Waals surface area contributed by atoms with E-state index < -0.39 is 6.10 Å². The van der Waals surface area contributed by atoms with Crippen LogP contribution in [0.5, 0.6) is 5.75 Å². The lowest BCUT2D eigenvalue weighted by molar-refractivity contribution is -0.139. The number of aromatic nitrogens is 2. The van der Waals surface area contributed by atoms with Crippen molar-refractivity contribution in [2.24, 2.45) is 0 Å². The maximum absolute atomic E-state index is 12.9. The second-order valence-corrected chi connectivity index (χ2v) is 9.29. The summed E-state index contributed by atoms with van der Waals surface area (Å²) in [7, 11) is 0. The van der Waals surface area contributed by atoms with Crippen LogP contribution in [-0.4, -0.2) is 63.9 Å². The van der Waals surface area contributed by atoms with Gasteiger partial charge in [0.2, 0.25) is 0 Å². The van der Waals surface area contributed by atoms with Crippen molar-refractivity contribution in [1.82, 2.24) is 19.8 Å². The average molecular weight is 435 g/mol. The van der Waals surface area contributed by atoms with Gasteiger partial charge in [0, 0.05) is 31.7 Å². The molecule has 1 aromatic heterocycles. The van der Waals surface area contributed by atoms with Gasteiger partial charge in [0.1, 0.15) is 5.75 Å². The molecule has 1 atom stereocenters. The van der Waals surface area contributed by atoms with E-state index in [-0.39, 0.29) is 17.2 Å². The summed E-state index contributed by atoms with van der Waals surface area (Å²) in [6.45, 7) is 10.2. The predicted octanol–water partition coefficient (Wildman–Crippen LogP) is 3.61. The molecular formula is C25H30N4O3. The molecule has 1 aliphatic rings. The van der Waals surface area contributed by atoms with E-state index >= 15 is 0 Å². The Morgan fingerprint density at radius 2 is 1.75 bits per heavy atom. The van der Waals surface area contributed by atoms with E-state index in [1.54, 1.807) is 29.1 Å². The van der Waals surface area contributed by atoms with Gasteiger partial charge in [-0.1, -0.05) is 32.9 Å². The normalized spacial score (nSPS) is 15.6. The monoisotopic (exact) mass is 434 g/mol. The van der Waals surface area contributed by atoms with Crippen molar-refractivity contribution in [3.8, 4) is 5.75 Å². The molecule has 168 valence electrons. The Morgan fingerprint density at radius 1 is 1.03 bits per heavy atom. The summed E-state index contributed by atoms with van der Waals surface area (Å²) in [6.07, 6.45) is 1.03. The second-order valence-electron chi connectivity index (χ2n) is 9.29. The molecule has 0 bridgehead atoms. The van der Waals surface area contributed by atoms with E-state index in [0.717, 1.165) is 16.6 Å². The molecule has 1 N–H and O–H groups in total. The van der Waals surface area contributed by atoms with E-state index in [2.05, 4.69) is 36.8 Å². The highest BCUT2D eigenvalue weighted by atomic mass is 16.5. The van der Waals surface area contributed by atoms with Crippen LogP contribution in [0.1, 0.15) is 43.6 Å². The molecule has 0 saturated carbocycles. The van der Waals surface area contributed by atoms with Crippen molar-refractivity contribution in [3.05, 3.63) is 59.9 Å². The Hall–Kier alpha value is -3.35. The number of carbonyl (C=O) groups excluding carboxylic acids is 2. The summed E-state index contributed by atoms with van der Waals surface area (Å²) in [4.78, 5) is 36.6. The maximum atomic E-state index is 12.9. The fourth-order valence-corrected chi connectivity index (χ4v) is 3.93. The third-order valence-corrected chi connectivity index (χ3v) is 5.91. The first-order valence-electron chi connectivity index (χ1n) is 11.0. The van der Waals surface area contributed by atoms with Crippen LogP contribution < -0.4 is 4.74 Å². The van der Waals surface area contributed by atoms with Crippen LogP contribution in [0.2, 0.25) is 0 Å². The van der Waals surface area contributed by atoms with Crippen molar-refractivity contribution in [3.63, 3.8) is 0 Å². The van der Waals surface area contributed by atoms with Crippen molar-refractivity contribution < 1.29 is 14.3 Å². The van der Waals surface area contributed by atoms with Crippen LogP contribution in [0.15, 0.2) is 48.8 Å². The fourth-order valence-electron chi connectivity index (χ4n) is 3.93. The minimum absolute atomic E-state index is 0.0113. The third kappa shape index (κ3) is 4.61. The van der Waals surface area contributed by atoms with Crippen LogP contribution in [0.3, 0.4) is 0 Å². The number of H-pyrrole nitrogens is 1. The zero-order chi connectivity index (χ0) is 22.9. The minimum atomic E-state index is -0.588. The number of ether oxygens (including phenoxy) is 1. The number of aromatic amines is 1. The number of benzene rings is 2. The van der Waals surface area contributed by atoms with Gasteiger partial charge in [-0.3, -0.25) is 9.59 Å². The Kier molecular flexibility index (Phi) is 5.91. The number of hydrogen-bond acceptors (Lipinski definition) is 4. The maximum Gasteiger partial charge on any atom is 0.263 e. The van der Waals surface area contributed by atoms with Crippen LogP contribution in [0, 0.1) is 0 Å². The fraction of sp³-hybridized carbons (Fsp3) is 0.400. The first-order chi connectivity index (χ1) is 15.2. The number of rotatable bonds is 4. The zero-order valence-corrected chi connectivity index (χ0v) is 19.1. The van der Waals surface area contributed by atoms with Crippen molar-refractivity contribution in [2.45, 2.75) is 39.2 Å². The van der Waals surface area contributed by atoms with E-state index in [4.69, 9.17) is 4.74 Å². The lowest BCUT2D eigenvalue weighted by atomic mass is 9.87. The number of fused-ring (bicyclic) bond motifs is 1. The van der Waals surface area contributed by atoms with Gasteiger partial charge >= 0.3 is 0 Å². The van der Waals surface area contributed by atoms with Crippen LogP contribution in [-0.2, 0) is 10.2 Å². The first kappa shape index (κ1) is 21.9. The molecule has 0 unspecified atom stereocenters. The summed E-state index contributed by atoms with van der Waals surface area (Å²) >= 11 is 0. The number of piperazine rings is 1. The van der Waals surface area contributed by atoms with Gasteiger partial charge in [-0.2, -0.15) is 0 Å². The van der Waals surface area contributed by atoms with E-state index in [1.807, 2.05) is 30.3 Å². The molecule has 4 rings (SSSR count). The molecule has 0 aliphatic carbocycles. The molecule has 1 saturated heterocycles. The predicted molar refractivity (Wildman–Crippen MR) is 124 cm³/mol. The molecule has 1 fully saturated rings. The van der Waals surface area contributed by atoms with Gasteiger partial charge in [-0.15, -0.1) is 0 Å². The largest absolute Gasteiger partial charge is 0.481 e. The number of nitrogens with one attached hydrogen (secondary N) is 1. The Morgan fingerprint density at radius 3 is 2.47 bits per heavy atom.